The molecule has 0 atom stereocenters. The molecule has 0 aliphatic carbocycles. The van der Waals surface area contributed by atoms with Crippen LogP contribution in [0.3, 0.4) is 0 Å². The summed E-state index contributed by atoms with van der Waals surface area (Å²) < 4.78 is 5.24. The van der Waals surface area contributed by atoms with E-state index in [0.29, 0.717) is 17.2 Å². The maximum Gasteiger partial charge on any atom is 0.356 e. The number of benzene rings is 1. The molecule has 1 N–H and O–H groups in total. The monoisotopic (exact) mass is 291 g/mol. The molecule has 0 radical (unpaired) electrons. The van der Waals surface area contributed by atoms with E-state index in [2.05, 4.69) is 4.98 Å². The largest absolute Gasteiger partial charge is 0.496 e. The summed E-state index contributed by atoms with van der Waals surface area (Å²) in [6.45, 7) is 1.34. The van der Waals surface area contributed by atoms with E-state index < -0.39 is 5.97 Å². The molecule has 0 spiro atoms. The van der Waals surface area contributed by atoms with Gasteiger partial charge < -0.3 is 9.84 Å². The Hall–Kier alpha value is -2.21. The van der Waals surface area contributed by atoms with Gasteiger partial charge in [0.2, 0.25) is 0 Å². The third-order valence-electron chi connectivity index (χ3n) is 2.73. The predicted molar refractivity (Wildman–Crippen MR) is 74.9 cm³/mol. The van der Waals surface area contributed by atoms with Crippen molar-refractivity contribution in [1.29, 1.82) is 0 Å². The van der Waals surface area contributed by atoms with Gasteiger partial charge in [-0.15, -0.1) is 11.3 Å². The number of ketones is 1. The Morgan fingerprint density at radius 2 is 2.05 bits per heavy atom. The number of nitrogens with zero attached hydrogens (tertiary/aromatic N) is 1. The highest BCUT2D eigenvalue weighted by molar-refractivity contribution is 7.14. The second kappa shape index (κ2) is 5.83. The number of carbonyl (C=O) groups excluding carboxylic acids is 1. The van der Waals surface area contributed by atoms with Crippen LogP contribution in [0, 0.1) is 0 Å². The highest BCUT2D eigenvalue weighted by atomic mass is 32.1. The molecule has 2 rings (SSSR count). The highest BCUT2D eigenvalue weighted by Gasteiger charge is 2.20. The van der Waals surface area contributed by atoms with Gasteiger partial charge in [-0.2, -0.15) is 0 Å². The van der Waals surface area contributed by atoms with E-state index in [0.717, 1.165) is 16.9 Å². The number of rotatable bonds is 5. The molecule has 0 aliphatic heterocycles. The van der Waals surface area contributed by atoms with Crippen LogP contribution >= 0.6 is 11.3 Å². The molecule has 5 nitrogen and oxygen atoms in total. The van der Waals surface area contributed by atoms with Crippen molar-refractivity contribution in [3.63, 3.8) is 0 Å². The van der Waals surface area contributed by atoms with Gasteiger partial charge in [0.1, 0.15) is 10.6 Å². The Labute approximate surface area is 119 Å². The first kappa shape index (κ1) is 14.2. The number of aromatic carboxylic acids is 1. The van der Waals surface area contributed by atoms with Gasteiger partial charge in [-0.3, -0.25) is 4.79 Å². The van der Waals surface area contributed by atoms with Crippen LogP contribution in [-0.4, -0.2) is 29.0 Å². The molecule has 20 heavy (non-hydrogen) atoms. The summed E-state index contributed by atoms with van der Waals surface area (Å²) in [6, 6.07) is 7.43. The van der Waals surface area contributed by atoms with Crippen molar-refractivity contribution in [3.8, 4) is 5.75 Å². The normalized spacial score (nSPS) is 10.3. The molecule has 0 fully saturated rings. The minimum atomic E-state index is -1.18. The van der Waals surface area contributed by atoms with E-state index >= 15 is 0 Å². The minimum absolute atomic E-state index is 0.174. The number of carboxylic acid groups (broad SMARTS) is 1. The minimum Gasteiger partial charge on any atom is -0.496 e. The molecular weight excluding hydrogens is 278 g/mol. The van der Waals surface area contributed by atoms with Gasteiger partial charge in [-0.1, -0.05) is 18.2 Å². The fraction of sp³-hybridized carbons (Fsp3) is 0.214. The second-order valence-electron chi connectivity index (χ2n) is 4.14. The first-order valence-corrected chi connectivity index (χ1v) is 6.70. The van der Waals surface area contributed by atoms with Crippen molar-refractivity contribution in [3.05, 3.63) is 45.4 Å². The second-order valence-corrected chi connectivity index (χ2v) is 5.22. The van der Waals surface area contributed by atoms with Gasteiger partial charge in [0.05, 0.1) is 12.1 Å². The molecule has 0 amide bonds. The van der Waals surface area contributed by atoms with Crippen LogP contribution in [0.25, 0.3) is 0 Å². The maximum absolute atomic E-state index is 11.4. The predicted octanol–water partition coefficient (Wildman–Crippen LogP) is 2.64. The number of ether oxygens (including phenoxy) is 1. The van der Waals surface area contributed by atoms with Crippen LogP contribution in [-0.2, 0) is 6.42 Å². The Kier molecular flexibility index (Phi) is 4.14. The summed E-state index contributed by atoms with van der Waals surface area (Å²) in [4.78, 5) is 26.8. The van der Waals surface area contributed by atoms with Crippen molar-refractivity contribution in [2.45, 2.75) is 13.3 Å². The summed E-state index contributed by atoms with van der Waals surface area (Å²) in [6.07, 6.45) is 0.433. The number of hydrogen-bond acceptors (Lipinski definition) is 5. The molecule has 1 aromatic carbocycles. The quantitative estimate of drug-likeness (QED) is 0.857. The number of hydrogen-bond donors (Lipinski definition) is 1. The number of aromatic nitrogens is 1. The van der Waals surface area contributed by atoms with E-state index in [4.69, 9.17) is 9.84 Å². The van der Waals surface area contributed by atoms with Gasteiger partial charge in [0.25, 0.3) is 0 Å². The molecule has 0 bridgehead atoms. The summed E-state index contributed by atoms with van der Waals surface area (Å²) in [5.41, 5.74) is 0.725. The summed E-state index contributed by atoms with van der Waals surface area (Å²) in [5, 5.41) is 9.64. The van der Waals surface area contributed by atoms with Crippen LogP contribution in [0.2, 0.25) is 0 Å². The van der Waals surface area contributed by atoms with Gasteiger partial charge in [-0.25, -0.2) is 9.78 Å². The maximum atomic E-state index is 11.4. The Morgan fingerprint density at radius 1 is 1.35 bits per heavy atom. The zero-order chi connectivity index (χ0) is 14.7. The van der Waals surface area contributed by atoms with Gasteiger partial charge in [-0.05, 0) is 6.07 Å². The van der Waals surface area contributed by atoms with Crippen LogP contribution in [0.5, 0.6) is 5.75 Å². The molecule has 0 saturated heterocycles. The van der Waals surface area contributed by atoms with Crippen molar-refractivity contribution >= 4 is 23.1 Å². The van der Waals surface area contributed by atoms with Crippen molar-refractivity contribution in [2.24, 2.45) is 0 Å². The summed E-state index contributed by atoms with van der Waals surface area (Å²) in [7, 11) is 1.57. The molecule has 0 saturated carbocycles. The fourth-order valence-electron chi connectivity index (χ4n) is 1.84. The van der Waals surface area contributed by atoms with Gasteiger partial charge in [0.15, 0.2) is 11.5 Å². The van der Waals surface area contributed by atoms with E-state index in [1.54, 1.807) is 7.11 Å². The molecule has 0 unspecified atom stereocenters. The lowest BCUT2D eigenvalue weighted by Crippen LogP contribution is -2.03. The number of para-hydroxylation sites is 1. The number of carbonyl (C=O) groups is 2. The van der Waals surface area contributed by atoms with E-state index in [9.17, 15) is 9.59 Å². The number of carboxylic acids is 1. The molecule has 6 heteroatoms. The van der Waals surface area contributed by atoms with Gasteiger partial charge >= 0.3 is 5.97 Å². The first-order chi connectivity index (χ1) is 9.52. The average Bonchev–Trinajstić information content (AvgIpc) is 2.84. The number of Topliss-reactive ketones (excluding diaryl/α,β-unsaturated/α-hetero) is 1. The van der Waals surface area contributed by atoms with E-state index in [1.807, 2.05) is 24.3 Å². The third kappa shape index (κ3) is 2.85. The summed E-state index contributed by atoms with van der Waals surface area (Å²) in [5.74, 6) is -0.757. The van der Waals surface area contributed by atoms with Crippen molar-refractivity contribution < 1.29 is 19.4 Å². The highest BCUT2D eigenvalue weighted by Crippen LogP contribution is 2.25. The molecule has 104 valence electrons. The van der Waals surface area contributed by atoms with E-state index in [-0.39, 0.29) is 16.4 Å². The molecular formula is C14H13NO4S. The fourth-order valence-corrected chi connectivity index (χ4v) is 2.81. The molecule has 1 aromatic heterocycles. The lowest BCUT2D eigenvalue weighted by Gasteiger charge is -2.05. The third-order valence-corrected chi connectivity index (χ3v) is 3.88. The molecule has 1 heterocycles. The topological polar surface area (TPSA) is 76.5 Å². The van der Waals surface area contributed by atoms with Crippen LogP contribution in [0.15, 0.2) is 24.3 Å². The van der Waals surface area contributed by atoms with Crippen LogP contribution < -0.4 is 4.74 Å². The average molecular weight is 291 g/mol. The Bertz CT molecular complexity index is 631. The number of thiazole rings is 1. The lowest BCUT2D eigenvalue weighted by molar-refractivity contribution is 0.0687. The Balaban J connectivity index is 2.37. The van der Waals surface area contributed by atoms with Crippen molar-refractivity contribution in [1.82, 2.24) is 4.98 Å². The zero-order valence-corrected chi connectivity index (χ0v) is 11.9. The number of methoxy groups -OCH3 is 1. The Morgan fingerprint density at radius 3 is 2.60 bits per heavy atom. The summed E-state index contributed by atoms with van der Waals surface area (Å²) >= 11 is 1.11. The smallest absolute Gasteiger partial charge is 0.356 e. The van der Waals surface area contributed by atoms with Gasteiger partial charge in [0, 0.05) is 18.9 Å². The lowest BCUT2D eigenvalue weighted by atomic mass is 10.1. The molecule has 2 aromatic rings. The van der Waals surface area contributed by atoms with Crippen LogP contribution in [0.1, 0.15) is 37.7 Å². The van der Waals surface area contributed by atoms with Crippen molar-refractivity contribution in [2.75, 3.05) is 7.11 Å². The first-order valence-electron chi connectivity index (χ1n) is 5.88. The van der Waals surface area contributed by atoms with E-state index in [1.165, 1.54) is 6.92 Å². The standard InChI is InChI=1S/C14H13NO4S/c1-8(16)13-12(14(17)18)15-11(20-13)7-9-5-3-4-6-10(9)19-2/h3-6H,7H2,1-2H3,(H,17,18). The SMILES string of the molecule is COc1ccccc1Cc1nc(C(=O)O)c(C(C)=O)s1. The zero-order valence-electron chi connectivity index (χ0n) is 11.0. The molecule has 0 aliphatic rings. The van der Waals surface area contributed by atoms with Crippen LogP contribution in [0.4, 0.5) is 0 Å².